The number of aliphatic carboxylic acids is 1. The first kappa shape index (κ1) is 6.65. The summed E-state index contributed by atoms with van der Waals surface area (Å²) in [5, 5.41) is 8.92. The maximum Gasteiger partial charge on any atom is 0.313 e. The van der Waals surface area contributed by atoms with Gasteiger partial charge in [-0.3, -0.25) is 4.79 Å². The molecule has 2 aliphatic carbocycles. The van der Waals surface area contributed by atoms with Gasteiger partial charge in [-0.1, -0.05) is 24.3 Å². The van der Waals surface area contributed by atoms with Crippen molar-refractivity contribution in [3.8, 4) is 0 Å². The molecule has 1 N–H and O–H groups in total. The van der Waals surface area contributed by atoms with Crippen molar-refractivity contribution in [2.45, 2.75) is 12.8 Å². The van der Waals surface area contributed by atoms with Gasteiger partial charge in [0.25, 0.3) is 0 Å². The van der Waals surface area contributed by atoms with Crippen LogP contribution in [0.5, 0.6) is 0 Å². The SMILES string of the molecule is C=C1CC2(C(=O)O)C=CC1C2. The summed E-state index contributed by atoms with van der Waals surface area (Å²) in [5.74, 6) is -0.360. The van der Waals surface area contributed by atoms with Gasteiger partial charge in [0.2, 0.25) is 0 Å². The van der Waals surface area contributed by atoms with Crippen molar-refractivity contribution < 1.29 is 9.90 Å². The zero-order valence-corrected chi connectivity index (χ0v) is 6.21. The molecule has 0 aromatic heterocycles. The number of allylic oxidation sites excluding steroid dienone is 2. The highest BCUT2D eigenvalue weighted by Gasteiger charge is 2.48. The Balaban J connectivity index is 2.39. The number of hydrogen-bond acceptors (Lipinski definition) is 1. The van der Waals surface area contributed by atoms with Gasteiger partial charge in [-0.05, 0) is 18.8 Å². The fraction of sp³-hybridized carbons (Fsp3) is 0.444. The maximum absolute atomic E-state index is 10.8. The van der Waals surface area contributed by atoms with Gasteiger partial charge >= 0.3 is 5.97 Å². The zero-order chi connectivity index (χ0) is 8.06. The molecule has 0 radical (unpaired) electrons. The van der Waals surface area contributed by atoms with Crippen LogP contribution in [0, 0.1) is 11.3 Å². The second-order valence-corrected chi connectivity index (χ2v) is 3.47. The lowest BCUT2D eigenvalue weighted by Crippen LogP contribution is -2.23. The van der Waals surface area contributed by atoms with Gasteiger partial charge in [0.15, 0.2) is 0 Å². The number of rotatable bonds is 1. The molecule has 0 aromatic rings. The number of carboxylic acids is 1. The first-order chi connectivity index (χ1) is 5.14. The number of carbonyl (C=O) groups is 1. The van der Waals surface area contributed by atoms with Crippen LogP contribution < -0.4 is 0 Å². The third-order valence-corrected chi connectivity index (χ3v) is 2.72. The van der Waals surface area contributed by atoms with Crippen molar-refractivity contribution in [2.24, 2.45) is 11.3 Å². The van der Waals surface area contributed by atoms with E-state index < -0.39 is 11.4 Å². The Morgan fingerprint density at radius 1 is 1.82 bits per heavy atom. The van der Waals surface area contributed by atoms with Crippen LogP contribution >= 0.6 is 0 Å². The molecule has 2 atom stereocenters. The Hall–Kier alpha value is -1.05. The highest BCUT2D eigenvalue weighted by atomic mass is 16.4. The van der Waals surface area contributed by atoms with E-state index in [1.165, 1.54) is 0 Å². The highest BCUT2D eigenvalue weighted by Crippen LogP contribution is 2.51. The van der Waals surface area contributed by atoms with E-state index in [2.05, 4.69) is 6.58 Å². The maximum atomic E-state index is 10.8. The molecule has 1 fully saturated rings. The molecule has 11 heavy (non-hydrogen) atoms. The lowest BCUT2D eigenvalue weighted by Gasteiger charge is -2.16. The Kier molecular flexibility index (Phi) is 1.06. The number of hydrogen-bond donors (Lipinski definition) is 1. The summed E-state index contributed by atoms with van der Waals surface area (Å²) in [6.45, 7) is 3.85. The molecule has 0 amide bonds. The van der Waals surface area contributed by atoms with Gasteiger partial charge in [-0.15, -0.1) is 0 Å². The van der Waals surface area contributed by atoms with Gasteiger partial charge in [-0.2, -0.15) is 0 Å². The van der Waals surface area contributed by atoms with Crippen LogP contribution in [0.2, 0.25) is 0 Å². The van der Waals surface area contributed by atoms with E-state index in [0.717, 1.165) is 12.0 Å². The standard InChI is InChI=1S/C9H10O2/c1-6-4-9(8(10)11)3-2-7(6)5-9/h2-3,7H,1,4-5H2,(H,10,11). The van der Waals surface area contributed by atoms with Crippen LogP contribution in [0.4, 0.5) is 0 Å². The monoisotopic (exact) mass is 150 g/mol. The predicted molar refractivity (Wildman–Crippen MR) is 41.1 cm³/mol. The van der Waals surface area contributed by atoms with Crippen molar-refractivity contribution in [3.63, 3.8) is 0 Å². The summed E-state index contributed by atoms with van der Waals surface area (Å²) in [6, 6.07) is 0. The van der Waals surface area contributed by atoms with E-state index in [9.17, 15) is 4.79 Å². The molecule has 0 aliphatic heterocycles. The minimum Gasteiger partial charge on any atom is -0.481 e. The lowest BCUT2D eigenvalue weighted by molar-refractivity contribution is -0.145. The number of fused-ring (bicyclic) bond motifs is 2. The van der Waals surface area contributed by atoms with Crippen LogP contribution in [0.25, 0.3) is 0 Å². The van der Waals surface area contributed by atoms with E-state index in [1.807, 2.05) is 12.2 Å². The average Bonchev–Trinajstić information content (AvgIpc) is 2.44. The molecular formula is C9H10O2. The first-order valence-corrected chi connectivity index (χ1v) is 3.74. The summed E-state index contributed by atoms with van der Waals surface area (Å²) in [4.78, 5) is 10.8. The quantitative estimate of drug-likeness (QED) is 0.576. The first-order valence-electron chi connectivity index (χ1n) is 3.74. The van der Waals surface area contributed by atoms with Crippen molar-refractivity contribution in [1.29, 1.82) is 0 Å². The van der Waals surface area contributed by atoms with Crippen molar-refractivity contribution >= 4 is 5.97 Å². The fourth-order valence-electron chi connectivity index (χ4n) is 2.01. The van der Waals surface area contributed by atoms with E-state index in [-0.39, 0.29) is 0 Å². The minimum absolute atomic E-state index is 0.339. The summed E-state index contributed by atoms with van der Waals surface area (Å²) in [5.41, 5.74) is 0.497. The molecule has 2 heteroatoms. The Morgan fingerprint density at radius 3 is 2.82 bits per heavy atom. The third kappa shape index (κ3) is 0.694. The number of carboxylic acid groups (broad SMARTS) is 1. The van der Waals surface area contributed by atoms with Crippen LogP contribution in [0.15, 0.2) is 24.3 Å². The van der Waals surface area contributed by atoms with Crippen LogP contribution in [0.1, 0.15) is 12.8 Å². The molecule has 0 saturated heterocycles. The van der Waals surface area contributed by atoms with Crippen molar-refractivity contribution in [2.75, 3.05) is 0 Å². The van der Waals surface area contributed by atoms with E-state index in [0.29, 0.717) is 12.3 Å². The summed E-state index contributed by atoms with van der Waals surface area (Å²) in [7, 11) is 0. The molecule has 1 saturated carbocycles. The predicted octanol–water partition coefficient (Wildman–Crippen LogP) is 1.59. The molecule has 2 nitrogen and oxygen atoms in total. The zero-order valence-electron chi connectivity index (χ0n) is 6.21. The van der Waals surface area contributed by atoms with Gasteiger partial charge in [0, 0.05) is 0 Å². The molecule has 58 valence electrons. The molecule has 2 aliphatic rings. The average molecular weight is 150 g/mol. The molecule has 0 spiro atoms. The second-order valence-electron chi connectivity index (χ2n) is 3.47. The summed E-state index contributed by atoms with van der Waals surface area (Å²) in [6.07, 6.45) is 5.18. The third-order valence-electron chi connectivity index (χ3n) is 2.72. The van der Waals surface area contributed by atoms with Crippen LogP contribution in [-0.2, 0) is 4.79 Å². The largest absolute Gasteiger partial charge is 0.481 e. The normalized spacial score (nSPS) is 40.0. The Labute approximate surface area is 65.2 Å². The molecular weight excluding hydrogens is 140 g/mol. The molecule has 0 aromatic carbocycles. The minimum atomic E-state index is -0.699. The van der Waals surface area contributed by atoms with Gasteiger partial charge in [0.05, 0.1) is 5.41 Å². The van der Waals surface area contributed by atoms with Crippen LogP contribution in [0.3, 0.4) is 0 Å². The van der Waals surface area contributed by atoms with E-state index >= 15 is 0 Å². The summed E-state index contributed by atoms with van der Waals surface area (Å²) < 4.78 is 0. The smallest absolute Gasteiger partial charge is 0.313 e. The highest BCUT2D eigenvalue weighted by molar-refractivity contribution is 5.79. The van der Waals surface area contributed by atoms with E-state index in [1.54, 1.807) is 0 Å². The van der Waals surface area contributed by atoms with E-state index in [4.69, 9.17) is 5.11 Å². The topological polar surface area (TPSA) is 37.3 Å². The van der Waals surface area contributed by atoms with Gasteiger partial charge in [0.1, 0.15) is 0 Å². The molecule has 0 heterocycles. The van der Waals surface area contributed by atoms with Gasteiger partial charge in [-0.25, -0.2) is 0 Å². The molecule has 2 rings (SSSR count). The molecule has 2 bridgehead atoms. The Morgan fingerprint density at radius 2 is 2.55 bits per heavy atom. The van der Waals surface area contributed by atoms with Crippen LogP contribution in [-0.4, -0.2) is 11.1 Å². The Bertz CT molecular complexity index is 265. The van der Waals surface area contributed by atoms with Crippen molar-refractivity contribution in [1.82, 2.24) is 0 Å². The second kappa shape index (κ2) is 1.76. The summed E-state index contributed by atoms with van der Waals surface area (Å²) >= 11 is 0. The van der Waals surface area contributed by atoms with Gasteiger partial charge < -0.3 is 5.11 Å². The fourth-order valence-corrected chi connectivity index (χ4v) is 2.01. The lowest BCUT2D eigenvalue weighted by atomic mass is 9.87. The van der Waals surface area contributed by atoms with Crippen molar-refractivity contribution in [3.05, 3.63) is 24.3 Å². The molecule has 2 unspecified atom stereocenters.